The smallest absolute Gasteiger partial charge is 0.247 e. The minimum atomic E-state index is -1.28. The van der Waals surface area contributed by atoms with Crippen LogP contribution in [0.25, 0.3) is 0 Å². The second-order valence-electron chi connectivity index (χ2n) is 9.41. The Balaban J connectivity index is 1.42. The molecule has 8 heteroatoms. The van der Waals surface area contributed by atoms with E-state index in [0.29, 0.717) is 11.4 Å². The van der Waals surface area contributed by atoms with Crippen molar-refractivity contribution in [2.24, 2.45) is 11.8 Å². The van der Waals surface area contributed by atoms with Crippen molar-refractivity contribution in [1.29, 1.82) is 0 Å². The van der Waals surface area contributed by atoms with Crippen LogP contribution in [0.3, 0.4) is 0 Å². The second-order valence-corrected chi connectivity index (χ2v) is 10.6. The molecule has 3 aliphatic carbocycles. The number of rotatable bonds is 4. The summed E-state index contributed by atoms with van der Waals surface area (Å²) >= 11 is 14.8. The molecule has 7 rings (SSSR count). The van der Waals surface area contributed by atoms with Gasteiger partial charge in [-0.25, -0.2) is 0 Å². The number of anilines is 1. The normalized spacial score (nSPS) is 28.3. The number of nitrogens with zero attached hydrogens (tertiary/aromatic N) is 1. The third-order valence-electron chi connectivity index (χ3n) is 7.74. The molecular weight excluding hydrogens is 499 g/mol. The van der Waals surface area contributed by atoms with E-state index >= 15 is 0 Å². The Morgan fingerprint density at radius 1 is 0.833 bits per heavy atom. The van der Waals surface area contributed by atoms with Crippen molar-refractivity contribution in [1.82, 2.24) is 4.90 Å². The van der Waals surface area contributed by atoms with Crippen LogP contribution >= 0.6 is 23.2 Å². The van der Waals surface area contributed by atoms with Gasteiger partial charge in [0.05, 0.1) is 18.9 Å². The van der Waals surface area contributed by atoms with Crippen LogP contribution in [0.15, 0.2) is 72.8 Å². The summed E-state index contributed by atoms with van der Waals surface area (Å²) in [6.07, 6.45) is 0. The molecule has 1 fully saturated rings. The SMILES string of the molecule is COc1ccc(NC(=O)[C@@H](C)N2C(=O)[C@@H]3[C@H](C2=O)C2(Cl)c4ccccc4C3(Cl)c3ccccc32)cc1. The first-order chi connectivity index (χ1) is 17.2. The van der Waals surface area contributed by atoms with Crippen molar-refractivity contribution in [2.45, 2.75) is 22.7 Å². The number of methoxy groups -OCH3 is 1. The Bertz CT molecular complexity index is 1320. The number of imide groups is 1. The maximum absolute atomic E-state index is 14.0. The molecule has 0 aromatic heterocycles. The van der Waals surface area contributed by atoms with Crippen LogP contribution in [0.5, 0.6) is 5.75 Å². The lowest BCUT2D eigenvalue weighted by Gasteiger charge is -2.54. The van der Waals surface area contributed by atoms with E-state index in [1.54, 1.807) is 31.4 Å². The Labute approximate surface area is 218 Å². The molecule has 1 heterocycles. The lowest BCUT2D eigenvalue weighted by molar-refractivity contribution is -0.146. The molecule has 0 unspecified atom stereocenters. The van der Waals surface area contributed by atoms with Gasteiger partial charge in [-0.2, -0.15) is 0 Å². The highest BCUT2D eigenvalue weighted by Gasteiger charge is 2.73. The highest BCUT2D eigenvalue weighted by atomic mass is 35.5. The lowest BCUT2D eigenvalue weighted by atomic mass is 9.54. The van der Waals surface area contributed by atoms with Gasteiger partial charge in [-0.15, -0.1) is 23.2 Å². The van der Waals surface area contributed by atoms with E-state index in [9.17, 15) is 14.4 Å². The molecule has 3 aromatic carbocycles. The molecule has 2 bridgehead atoms. The number of benzene rings is 3. The topological polar surface area (TPSA) is 75.7 Å². The molecule has 0 spiro atoms. The zero-order chi connectivity index (χ0) is 25.4. The number of amides is 3. The van der Waals surface area contributed by atoms with Gasteiger partial charge in [0.25, 0.3) is 0 Å². The molecule has 36 heavy (non-hydrogen) atoms. The molecule has 4 aliphatic rings. The number of hydrogen-bond donors (Lipinski definition) is 1. The Hall–Kier alpha value is -3.35. The maximum atomic E-state index is 14.0. The van der Waals surface area contributed by atoms with E-state index in [1.165, 1.54) is 6.92 Å². The predicted molar refractivity (Wildman–Crippen MR) is 136 cm³/mol. The number of alkyl halides is 2. The van der Waals surface area contributed by atoms with Crippen molar-refractivity contribution in [3.8, 4) is 5.75 Å². The van der Waals surface area contributed by atoms with Crippen LogP contribution in [0.1, 0.15) is 29.2 Å². The molecule has 1 aliphatic heterocycles. The number of ether oxygens (including phenoxy) is 1. The third kappa shape index (κ3) is 2.77. The minimum Gasteiger partial charge on any atom is -0.497 e. The van der Waals surface area contributed by atoms with Crippen molar-refractivity contribution >= 4 is 46.6 Å². The molecule has 6 nitrogen and oxygen atoms in total. The van der Waals surface area contributed by atoms with Crippen molar-refractivity contribution in [3.05, 3.63) is 95.1 Å². The first-order valence-corrected chi connectivity index (χ1v) is 12.4. The molecule has 182 valence electrons. The fraction of sp³-hybridized carbons (Fsp3) is 0.250. The van der Waals surface area contributed by atoms with E-state index in [1.807, 2.05) is 48.5 Å². The molecule has 3 aromatic rings. The van der Waals surface area contributed by atoms with Gasteiger partial charge in [-0.1, -0.05) is 48.5 Å². The van der Waals surface area contributed by atoms with E-state index in [-0.39, 0.29) is 0 Å². The maximum Gasteiger partial charge on any atom is 0.247 e. The third-order valence-corrected chi connectivity index (χ3v) is 9.03. The summed E-state index contributed by atoms with van der Waals surface area (Å²) in [5.74, 6) is -2.71. The van der Waals surface area contributed by atoms with Crippen LogP contribution in [0, 0.1) is 11.8 Å². The van der Waals surface area contributed by atoms with Gasteiger partial charge in [0.15, 0.2) is 0 Å². The number of carbonyl (C=O) groups excluding carboxylic acids is 3. The first kappa shape index (κ1) is 23.1. The average Bonchev–Trinajstić information content (AvgIpc) is 3.18. The number of nitrogens with one attached hydrogen (secondary N) is 1. The van der Waals surface area contributed by atoms with Crippen LogP contribution < -0.4 is 10.1 Å². The second kappa shape index (κ2) is 7.82. The minimum absolute atomic E-state index is 0.491. The summed E-state index contributed by atoms with van der Waals surface area (Å²) < 4.78 is 5.15. The highest BCUT2D eigenvalue weighted by Crippen LogP contribution is 2.69. The number of carbonyl (C=O) groups is 3. The summed E-state index contributed by atoms with van der Waals surface area (Å²) in [6.45, 7) is 1.54. The van der Waals surface area contributed by atoms with Crippen molar-refractivity contribution < 1.29 is 19.1 Å². The van der Waals surface area contributed by atoms with Gasteiger partial charge in [-0.05, 0) is 53.4 Å². The Morgan fingerprint density at radius 3 is 1.64 bits per heavy atom. The summed E-state index contributed by atoms with van der Waals surface area (Å²) in [4.78, 5) is 39.6. The van der Waals surface area contributed by atoms with E-state index < -0.39 is 45.3 Å². The molecule has 3 atom stereocenters. The molecule has 0 radical (unpaired) electrons. The number of likely N-dealkylation sites (tertiary alicyclic amines) is 1. The molecular formula is C28H22Cl2N2O4. The molecule has 0 saturated carbocycles. The summed E-state index contributed by atoms with van der Waals surface area (Å²) in [5.41, 5.74) is 3.41. The average molecular weight is 521 g/mol. The van der Waals surface area contributed by atoms with Crippen molar-refractivity contribution in [3.63, 3.8) is 0 Å². The highest BCUT2D eigenvalue weighted by molar-refractivity contribution is 6.36. The summed E-state index contributed by atoms with van der Waals surface area (Å²) in [7, 11) is 1.55. The van der Waals surface area contributed by atoms with Crippen LogP contribution in [0.2, 0.25) is 0 Å². The van der Waals surface area contributed by atoms with Gasteiger partial charge in [0.1, 0.15) is 21.5 Å². The molecule has 1 saturated heterocycles. The number of hydrogen-bond acceptors (Lipinski definition) is 4. The van der Waals surface area contributed by atoms with Gasteiger partial charge in [0, 0.05) is 5.69 Å². The lowest BCUT2D eigenvalue weighted by Crippen LogP contribution is -2.57. The van der Waals surface area contributed by atoms with Crippen LogP contribution in [-0.2, 0) is 24.1 Å². The van der Waals surface area contributed by atoms with Crippen molar-refractivity contribution in [2.75, 3.05) is 12.4 Å². The van der Waals surface area contributed by atoms with E-state index in [2.05, 4.69) is 5.32 Å². The molecule has 3 amide bonds. The van der Waals surface area contributed by atoms with E-state index in [0.717, 1.165) is 27.2 Å². The largest absolute Gasteiger partial charge is 0.497 e. The summed E-state index contributed by atoms with van der Waals surface area (Å²) in [5, 5.41) is 2.78. The van der Waals surface area contributed by atoms with Gasteiger partial charge in [0.2, 0.25) is 17.7 Å². The van der Waals surface area contributed by atoms with Gasteiger partial charge < -0.3 is 10.1 Å². The van der Waals surface area contributed by atoms with E-state index in [4.69, 9.17) is 27.9 Å². The standard InChI is InChI=1S/C28H22Cl2N2O4/c1-15(24(33)31-16-11-13-17(36-2)14-12-16)32-25(34)22-23(26(32)35)28(30)19-8-4-3-7-18(19)27(22,29)20-9-5-6-10-21(20)28/h3-15,22-23H,1-2H3,(H,31,33)/t15-,22-,23+,27?,28?/m1/s1. The van der Waals surface area contributed by atoms with Crippen LogP contribution in [-0.4, -0.2) is 35.8 Å². The molecule has 1 N–H and O–H groups in total. The predicted octanol–water partition coefficient (Wildman–Crippen LogP) is 4.62. The fourth-order valence-corrected chi connectivity index (χ4v) is 7.21. The zero-order valence-electron chi connectivity index (χ0n) is 19.5. The monoisotopic (exact) mass is 520 g/mol. The van der Waals surface area contributed by atoms with Gasteiger partial charge >= 0.3 is 0 Å². The Morgan fingerprint density at radius 2 is 1.25 bits per heavy atom. The van der Waals surface area contributed by atoms with Crippen LogP contribution in [0.4, 0.5) is 5.69 Å². The Kier molecular flexibility index (Phi) is 5.01. The number of halogens is 2. The van der Waals surface area contributed by atoms with Gasteiger partial charge in [-0.3, -0.25) is 19.3 Å². The quantitative estimate of drug-likeness (QED) is 0.402. The zero-order valence-corrected chi connectivity index (χ0v) is 21.0. The fourth-order valence-electron chi connectivity index (χ4n) is 6.11. The summed E-state index contributed by atoms with van der Waals surface area (Å²) in [6, 6.07) is 20.6. The first-order valence-electron chi connectivity index (χ1n) is 11.6.